The van der Waals surface area contributed by atoms with Gasteiger partial charge in [-0.3, -0.25) is 4.79 Å². The van der Waals surface area contributed by atoms with Crippen LogP contribution >= 0.6 is 12.4 Å². The number of rotatable bonds is 8. The zero-order chi connectivity index (χ0) is 17.4. The molecule has 0 spiro atoms. The molecule has 4 N–H and O–H groups in total. The molecule has 2 aromatic carbocycles. The molecule has 0 bridgehead atoms. The summed E-state index contributed by atoms with van der Waals surface area (Å²) in [4.78, 5) is 11.9. The number of halogens is 2. The van der Waals surface area contributed by atoms with E-state index in [0.29, 0.717) is 5.75 Å². The van der Waals surface area contributed by atoms with E-state index in [1.54, 1.807) is 0 Å². The molecule has 2 rings (SSSR count). The van der Waals surface area contributed by atoms with Gasteiger partial charge in [0.2, 0.25) is 5.91 Å². The van der Waals surface area contributed by atoms with E-state index < -0.39 is 6.10 Å². The van der Waals surface area contributed by atoms with E-state index >= 15 is 0 Å². The van der Waals surface area contributed by atoms with Gasteiger partial charge in [-0.1, -0.05) is 30.3 Å². The Balaban J connectivity index is 0.00000312. The summed E-state index contributed by atoms with van der Waals surface area (Å²) in [5.74, 6) is -0.148. The number of nitrogens with two attached hydrogens (primary N) is 1. The lowest BCUT2D eigenvalue weighted by Crippen LogP contribution is -2.36. The highest BCUT2D eigenvalue weighted by atomic mass is 35.5. The fourth-order valence-corrected chi connectivity index (χ4v) is 2.10. The number of amides is 1. The van der Waals surface area contributed by atoms with Gasteiger partial charge in [0.05, 0.1) is 0 Å². The highest BCUT2D eigenvalue weighted by Gasteiger charge is 2.13. The second-order valence-electron chi connectivity index (χ2n) is 5.44. The van der Waals surface area contributed by atoms with E-state index in [4.69, 9.17) is 10.5 Å². The van der Waals surface area contributed by atoms with Crippen molar-refractivity contribution < 1.29 is 19.0 Å². The molecule has 7 heteroatoms. The normalized spacial score (nSPS) is 12.6. The maximum atomic E-state index is 12.8. The second-order valence-corrected chi connectivity index (χ2v) is 5.44. The lowest BCUT2D eigenvalue weighted by molar-refractivity contribution is -0.122. The third kappa shape index (κ3) is 7.51. The van der Waals surface area contributed by atoms with Crippen molar-refractivity contribution in [2.45, 2.75) is 18.6 Å². The highest BCUT2D eigenvalue weighted by molar-refractivity contribution is 5.85. The fraction of sp³-hybridized carbons (Fsp3) is 0.278. The standard InChI is InChI=1S/C18H21FN2O3.ClH/c19-14-6-8-16(9-7-14)24-12-15(22)11-21-18(23)10-17(20)13-4-2-1-3-5-13;/h1-9,15,17,22H,10-12,20H2,(H,21,23);1H. The van der Waals surface area contributed by atoms with Crippen LogP contribution in [-0.4, -0.2) is 30.3 Å². The molecule has 2 atom stereocenters. The van der Waals surface area contributed by atoms with Gasteiger partial charge in [0.25, 0.3) is 0 Å². The molecule has 2 aromatic rings. The summed E-state index contributed by atoms with van der Waals surface area (Å²) >= 11 is 0. The summed E-state index contributed by atoms with van der Waals surface area (Å²) < 4.78 is 18.1. The molecule has 0 aliphatic heterocycles. The molecule has 0 saturated heterocycles. The molecule has 0 aliphatic rings. The first-order chi connectivity index (χ1) is 11.5. The SMILES string of the molecule is Cl.NC(CC(=O)NCC(O)COc1ccc(F)cc1)c1ccccc1. The maximum absolute atomic E-state index is 12.8. The Kier molecular flexibility index (Phi) is 8.91. The molecule has 5 nitrogen and oxygen atoms in total. The fourth-order valence-electron chi connectivity index (χ4n) is 2.10. The average Bonchev–Trinajstić information content (AvgIpc) is 2.60. The Labute approximate surface area is 152 Å². The van der Waals surface area contributed by atoms with E-state index in [9.17, 15) is 14.3 Å². The number of hydrogen-bond acceptors (Lipinski definition) is 4. The van der Waals surface area contributed by atoms with Crippen molar-refractivity contribution in [1.29, 1.82) is 0 Å². The van der Waals surface area contributed by atoms with Crippen molar-refractivity contribution in [3.05, 3.63) is 66.0 Å². The third-order valence-corrected chi connectivity index (χ3v) is 3.42. The molecule has 0 fully saturated rings. The van der Waals surface area contributed by atoms with Crippen molar-refractivity contribution in [3.63, 3.8) is 0 Å². The number of ether oxygens (including phenoxy) is 1. The average molecular weight is 369 g/mol. The number of hydrogen-bond donors (Lipinski definition) is 3. The first-order valence-electron chi connectivity index (χ1n) is 7.68. The van der Waals surface area contributed by atoms with Gasteiger partial charge in [-0.25, -0.2) is 4.39 Å². The molecule has 0 aliphatic carbocycles. The Bertz CT molecular complexity index is 641. The van der Waals surface area contributed by atoms with Crippen LogP contribution in [0.3, 0.4) is 0 Å². The van der Waals surface area contributed by atoms with Crippen LogP contribution in [0.5, 0.6) is 5.75 Å². The molecule has 0 heterocycles. The second kappa shape index (κ2) is 10.7. The van der Waals surface area contributed by atoms with Crippen LogP contribution in [-0.2, 0) is 4.79 Å². The maximum Gasteiger partial charge on any atom is 0.221 e. The van der Waals surface area contributed by atoms with Crippen LogP contribution in [0.1, 0.15) is 18.0 Å². The molecule has 2 unspecified atom stereocenters. The Morgan fingerprint density at radius 3 is 2.44 bits per heavy atom. The molecule has 0 radical (unpaired) electrons. The van der Waals surface area contributed by atoms with Crippen LogP contribution < -0.4 is 15.8 Å². The van der Waals surface area contributed by atoms with Gasteiger partial charge in [0.15, 0.2) is 0 Å². The lowest BCUT2D eigenvalue weighted by atomic mass is 10.0. The summed E-state index contributed by atoms with van der Waals surface area (Å²) in [7, 11) is 0. The van der Waals surface area contributed by atoms with Crippen LogP contribution in [0, 0.1) is 5.82 Å². The predicted molar refractivity (Wildman–Crippen MR) is 96.1 cm³/mol. The van der Waals surface area contributed by atoms with E-state index in [1.165, 1.54) is 24.3 Å². The number of carbonyl (C=O) groups excluding carboxylic acids is 1. The van der Waals surface area contributed by atoms with E-state index in [0.717, 1.165) is 5.56 Å². The first-order valence-corrected chi connectivity index (χ1v) is 7.68. The van der Waals surface area contributed by atoms with Crippen molar-refractivity contribution in [2.75, 3.05) is 13.2 Å². The minimum Gasteiger partial charge on any atom is -0.491 e. The minimum absolute atomic E-state index is 0. The Morgan fingerprint density at radius 2 is 1.80 bits per heavy atom. The quantitative estimate of drug-likeness (QED) is 0.667. The summed E-state index contributed by atoms with van der Waals surface area (Å²) in [5.41, 5.74) is 6.85. The first kappa shape index (κ1) is 20.9. The van der Waals surface area contributed by atoms with Crippen LogP contribution in [0.15, 0.2) is 54.6 Å². The summed E-state index contributed by atoms with van der Waals surface area (Å²) in [6.07, 6.45) is -0.734. The summed E-state index contributed by atoms with van der Waals surface area (Å²) in [6.45, 7) is 0.0538. The van der Waals surface area contributed by atoms with Crippen LogP contribution in [0.4, 0.5) is 4.39 Å². The van der Waals surface area contributed by atoms with E-state index in [2.05, 4.69) is 5.32 Å². The van der Waals surface area contributed by atoms with Crippen LogP contribution in [0.25, 0.3) is 0 Å². The molecule has 1 amide bonds. The summed E-state index contributed by atoms with van der Waals surface area (Å²) in [5, 5.41) is 12.4. The van der Waals surface area contributed by atoms with Gasteiger partial charge >= 0.3 is 0 Å². The van der Waals surface area contributed by atoms with Gasteiger partial charge in [-0.05, 0) is 29.8 Å². The minimum atomic E-state index is -0.869. The number of nitrogens with one attached hydrogen (secondary N) is 1. The predicted octanol–water partition coefficient (Wildman–Crippen LogP) is 2.19. The lowest BCUT2D eigenvalue weighted by Gasteiger charge is -2.15. The number of aliphatic hydroxyl groups excluding tert-OH is 1. The Hall–Kier alpha value is -2.15. The number of carbonyl (C=O) groups is 1. The molecular formula is C18H22ClFN2O3. The van der Waals surface area contributed by atoms with Gasteiger partial charge in [0.1, 0.15) is 24.3 Å². The molecular weight excluding hydrogens is 347 g/mol. The smallest absolute Gasteiger partial charge is 0.221 e. The molecule has 25 heavy (non-hydrogen) atoms. The third-order valence-electron chi connectivity index (χ3n) is 3.42. The van der Waals surface area contributed by atoms with Crippen molar-refractivity contribution in [3.8, 4) is 5.75 Å². The zero-order valence-electron chi connectivity index (χ0n) is 13.6. The number of aliphatic hydroxyl groups is 1. The molecule has 136 valence electrons. The molecule has 0 aromatic heterocycles. The van der Waals surface area contributed by atoms with Gasteiger partial charge in [0, 0.05) is 19.0 Å². The van der Waals surface area contributed by atoms with Crippen molar-refractivity contribution >= 4 is 18.3 Å². The Morgan fingerprint density at radius 1 is 1.16 bits per heavy atom. The largest absolute Gasteiger partial charge is 0.491 e. The van der Waals surface area contributed by atoms with Gasteiger partial charge in [-0.15, -0.1) is 12.4 Å². The number of benzene rings is 2. The molecule has 0 saturated carbocycles. The monoisotopic (exact) mass is 368 g/mol. The van der Waals surface area contributed by atoms with Crippen molar-refractivity contribution in [1.82, 2.24) is 5.32 Å². The van der Waals surface area contributed by atoms with Crippen molar-refractivity contribution in [2.24, 2.45) is 5.73 Å². The summed E-state index contributed by atoms with van der Waals surface area (Å²) in [6, 6.07) is 14.4. The van der Waals surface area contributed by atoms with Gasteiger partial charge < -0.3 is 20.9 Å². The van der Waals surface area contributed by atoms with E-state index in [-0.39, 0.29) is 49.7 Å². The van der Waals surface area contributed by atoms with Crippen LogP contribution in [0.2, 0.25) is 0 Å². The highest BCUT2D eigenvalue weighted by Crippen LogP contribution is 2.13. The zero-order valence-corrected chi connectivity index (χ0v) is 14.4. The topological polar surface area (TPSA) is 84.6 Å². The van der Waals surface area contributed by atoms with E-state index in [1.807, 2.05) is 30.3 Å². The van der Waals surface area contributed by atoms with Gasteiger partial charge in [-0.2, -0.15) is 0 Å².